The normalized spacial score (nSPS) is 12.6. The fourth-order valence-electron chi connectivity index (χ4n) is 2.59. The Hall–Kier alpha value is -3.09. The van der Waals surface area contributed by atoms with E-state index in [1.807, 2.05) is 0 Å². The second-order valence-electron chi connectivity index (χ2n) is 5.77. The number of halogens is 3. The fraction of sp³-hybridized carbons (Fsp3) is 0.214. The van der Waals surface area contributed by atoms with Crippen LogP contribution in [0, 0.1) is 0 Å². The summed E-state index contributed by atoms with van der Waals surface area (Å²) in [6, 6.07) is 2.46. The quantitative estimate of drug-likeness (QED) is 0.622. The molecular weight excluding hydrogens is 393 g/mol. The Morgan fingerprint density at radius 2 is 1.93 bits per heavy atom. The average molecular weight is 404 g/mol. The molecule has 0 bridgehead atoms. The first-order chi connectivity index (χ1) is 12.4. The summed E-state index contributed by atoms with van der Waals surface area (Å²) in [5.41, 5.74) is -4.80. The molecule has 9 nitrogen and oxygen atoms in total. The van der Waals surface area contributed by atoms with Crippen molar-refractivity contribution in [3.8, 4) is 11.3 Å². The second-order valence-corrected chi connectivity index (χ2v) is 7.87. The molecule has 0 amide bonds. The van der Waals surface area contributed by atoms with Crippen molar-refractivity contribution in [2.45, 2.75) is 12.1 Å². The highest BCUT2D eigenvalue weighted by molar-refractivity contribution is 7.89. The number of hydrogen-bond acceptors (Lipinski definition) is 6. The number of benzene rings is 1. The maximum atomic E-state index is 13.4. The van der Waals surface area contributed by atoms with E-state index in [0.29, 0.717) is 10.6 Å². The molecule has 2 aromatic heterocycles. The highest BCUT2D eigenvalue weighted by Gasteiger charge is 2.35. The topological polar surface area (TPSA) is 127 Å². The van der Waals surface area contributed by atoms with E-state index in [-0.39, 0.29) is 15.9 Å². The van der Waals surface area contributed by atoms with E-state index < -0.39 is 49.8 Å². The van der Waals surface area contributed by atoms with Crippen molar-refractivity contribution >= 4 is 20.7 Å². The Morgan fingerprint density at radius 3 is 2.44 bits per heavy atom. The minimum atomic E-state index is -4.87. The standard InChI is InChI=1S/C14H11F3N4O5S/c1-27(25,26)6-20-12(22)8-4-7(11-2-3-18-21(11)24)9(14(15,16)17)5-10(8)19-13(20)23/h2-5,24H,6H2,1H3,(H,19,23). The molecule has 0 aliphatic carbocycles. The minimum Gasteiger partial charge on any atom is -0.411 e. The van der Waals surface area contributed by atoms with Gasteiger partial charge in [0.2, 0.25) is 0 Å². The zero-order valence-corrected chi connectivity index (χ0v) is 14.3. The van der Waals surface area contributed by atoms with E-state index in [1.165, 1.54) is 0 Å². The number of nitrogens with zero attached hydrogens (tertiary/aromatic N) is 3. The van der Waals surface area contributed by atoms with Crippen LogP contribution in [0.3, 0.4) is 0 Å². The molecule has 27 heavy (non-hydrogen) atoms. The highest BCUT2D eigenvalue weighted by atomic mass is 32.2. The molecule has 0 saturated carbocycles. The molecule has 2 heterocycles. The van der Waals surface area contributed by atoms with Crippen molar-refractivity contribution in [2.24, 2.45) is 0 Å². The van der Waals surface area contributed by atoms with Crippen LogP contribution in [0.5, 0.6) is 0 Å². The van der Waals surface area contributed by atoms with Gasteiger partial charge in [-0.05, 0) is 18.2 Å². The number of H-pyrrole nitrogens is 1. The maximum Gasteiger partial charge on any atom is 0.417 e. The summed E-state index contributed by atoms with van der Waals surface area (Å²) < 4.78 is 63.5. The molecule has 1 aromatic carbocycles. The lowest BCUT2D eigenvalue weighted by Gasteiger charge is -2.14. The van der Waals surface area contributed by atoms with Gasteiger partial charge in [-0.1, -0.05) is 0 Å². The van der Waals surface area contributed by atoms with E-state index in [1.54, 1.807) is 0 Å². The van der Waals surface area contributed by atoms with Crippen molar-refractivity contribution < 1.29 is 26.8 Å². The SMILES string of the molecule is CS(=O)(=O)Cn1c(=O)[nH]c2cc(C(F)(F)F)c(-c3ccnn3O)cc2c1=O. The monoisotopic (exact) mass is 404 g/mol. The van der Waals surface area contributed by atoms with Crippen molar-refractivity contribution in [1.29, 1.82) is 0 Å². The van der Waals surface area contributed by atoms with Crippen LogP contribution in [0.15, 0.2) is 34.0 Å². The van der Waals surface area contributed by atoms with Gasteiger partial charge in [0.05, 0.1) is 22.7 Å². The van der Waals surface area contributed by atoms with Crippen molar-refractivity contribution in [1.82, 2.24) is 19.5 Å². The van der Waals surface area contributed by atoms with Gasteiger partial charge in [0.25, 0.3) is 5.56 Å². The van der Waals surface area contributed by atoms with Gasteiger partial charge < -0.3 is 10.2 Å². The number of fused-ring (bicyclic) bond motifs is 1. The van der Waals surface area contributed by atoms with E-state index in [0.717, 1.165) is 24.6 Å². The van der Waals surface area contributed by atoms with Crippen molar-refractivity contribution in [2.75, 3.05) is 6.26 Å². The summed E-state index contributed by atoms with van der Waals surface area (Å²) in [5, 5.41) is 12.6. The second kappa shape index (κ2) is 5.97. The number of aromatic nitrogens is 4. The molecule has 3 rings (SSSR count). The molecule has 3 aromatic rings. The van der Waals surface area contributed by atoms with E-state index in [9.17, 15) is 36.4 Å². The summed E-state index contributed by atoms with van der Waals surface area (Å²) in [5.74, 6) is -0.939. The van der Waals surface area contributed by atoms with Crippen LogP contribution in [0.25, 0.3) is 22.2 Å². The van der Waals surface area contributed by atoms with E-state index in [2.05, 4.69) is 10.1 Å². The van der Waals surface area contributed by atoms with Gasteiger partial charge in [0.15, 0.2) is 9.84 Å². The van der Waals surface area contributed by atoms with Crippen LogP contribution >= 0.6 is 0 Å². The van der Waals surface area contributed by atoms with Crippen LogP contribution in [0.4, 0.5) is 13.2 Å². The Bertz CT molecular complexity index is 1270. The van der Waals surface area contributed by atoms with E-state index >= 15 is 0 Å². The van der Waals surface area contributed by atoms with Gasteiger partial charge in [-0.25, -0.2) is 17.8 Å². The number of rotatable bonds is 3. The number of alkyl halides is 3. The summed E-state index contributed by atoms with van der Waals surface area (Å²) in [6.07, 6.45) is -3.02. The Balaban J connectivity index is 2.43. The highest BCUT2D eigenvalue weighted by Crippen LogP contribution is 2.38. The largest absolute Gasteiger partial charge is 0.417 e. The molecule has 144 valence electrons. The first-order valence-corrected chi connectivity index (χ1v) is 9.24. The minimum absolute atomic E-state index is 0.205. The number of nitrogens with one attached hydrogen (secondary N) is 1. The Kier molecular flexibility index (Phi) is 4.14. The van der Waals surface area contributed by atoms with Gasteiger partial charge in [0, 0.05) is 11.8 Å². The van der Waals surface area contributed by atoms with Crippen LogP contribution in [0.2, 0.25) is 0 Å². The third-order valence-corrected chi connectivity index (χ3v) is 4.42. The molecule has 0 aliphatic rings. The molecule has 0 unspecified atom stereocenters. The zero-order valence-electron chi connectivity index (χ0n) is 13.5. The maximum absolute atomic E-state index is 13.4. The first-order valence-electron chi connectivity index (χ1n) is 7.18. The van der Waals surface area contributed by atoms with Crippen LogP contribution in [-0.2, 0) is 21.9 Å². The molecule has 0 atom stereocenters. The summed E-state index contributed by atoms with van der Waals surface area (Å²) in [4.78, 5) is 26.8. The van der Waals surface area contributed by atoms with Gasteiger partial charge in [0.1, 0.15) is 11.6 Å². The molecule has 2 N–H and O–H groups in total. The molecule has 0 fully saturated rings. The Morgan fingerprint density at radius 1 is 1.26 bits per heavy atom. The van der Waals surface area contributed by atoms with Crippen molar-refractivity contribution in [3.05, 3.63) is 50.8 Å². The summed E-state index contributed by atoms with van der Waals surface area (Å²) in [7, 11) is -3.77. The average Bonchev–Trinajstić information content (AvgIpc) is 2.94. The van der Waals surface area contributed by atoms with Gasteiger partial charge in [-0.15, -0.1) is 9.94 Å². The molecule has 0 saturated heterocycles. The third-order valence-electron chi connectivity index (χ3n) is 3.69. The van der Waals surface area contributed by atoms with Gasteiger partial charge >= 0.3 is 11.9 Å². The third kappa shape index (κ3) is 3.45. The molecule has 0 spiro atoms. The first kappa shape index (κ1) is 18.7. The lowest BCUT2D eigenvalue weighted by atomic mass is 10.0. The smallest absolute Gasteiger partial charge is 0.411 e. The van der Waals surface area contributed by atoms with E-state index in [4.69, 9.17) is 0 Å². The summed E-state index contributed by atoms with van der Waals surface area (Å²) in [6.45, 7) is 0. The van der Waals surface area contributed by atoms with Gasteiger partial charge in [-0.2, -0.15) is 13.2 Å². The zero-order chi connectivity index (χ0) is 20.1. The number of aromatic amines is 1. The number of hydrogen-bond donors (Lipinski definition) is 2. The van der Waals surface area contributed by atoms with Gasteiger partial charge in [-0.3, -0.25) is 4.79 Å². The van der Waals surface area contributed by atoms with Crippen LogP contribution in [0.1, 0.15) is 5.56 Å². The predicted molar refractivity (Wildman–Crippen MR) is 87.1 cm³/mol. The van der Waals surface area contributed by atoms with Crippen LogP contribution < -0.4 is 11.2 Å². The molecule has 13 heteroatoms. The molecular formula is C14H11F3N4O5S. The lowest BCUT2D eigenvalue weighted by Crippen LogP contribution is -2.37. The predicted octanol–water partition coefficient (Wildman–Crippen LogP) is 0.812. The van der Waals surface area contributed by atoms with Crippen molar-refractivity contribution in [3.63, 3.8) is 0 Å². The lowest BCUT2D eigenvalue weighted by molar-refractivity contribution is -0.137. The molecule has 0 radical (unpaired) electrons. The number of sulfone groups is 1. The molecule has 0 aliphatic heterocycles. The summed E-state index contributed by atoms with van der Waals surface area (Å²) >= 11 is 0. The fourth-order valence-corrected chi connectivity index (χ4v) is 3.30. The van der Waals surface area contributed by atoms with Crippen LogP contribution in [-0.4, -0.2) is 39.4 Å². The Labute approximate surface area is 148 Å².